The molecule has 0 N–H and O–H groups in total. The number of likely N-dealkylation sites (N-methyl/N-ethyl adjacent to an activating group) is 1. The first-order valence-electron chi connectivity index (χ1n) is 3.32. The lowest BCUT2D eigenvalue weighted by molar-refractivity contribution is -0.123. The molecule has 1 radical (unpaired) electrons. The fourth-order valence-electron chi connectivity index (χ4n) is 0.665. The highest BCUT2D eigenvalue weighted by Gasteiger charge is 2.05. The Bertz CT molecular complexity index is 129. The van der Waals surface area contributed by atoms with Crippen LogP contribution in [0.5, 0.6) is 0 Å². The van der Waals surface area contributed by atoms with Crippen LogP contribution in [0.3, 0.4) is 0 Å². The second-order valence-electron chi connectivity index (χ2n) is 2.55. The molecule has 0 heterocycles. The Labute approximate surface area is 62.5 Å². The summed E-state index contributed by atoms with van der Waals surface area (Å²) in [5.41, 5.74) is 0. The second kappa shape index (κ2) is 4.09. The van der Waals surface area contributed by atoms with Crippen LogP contribution < -0.4 is 0 Å². The van der Waals surface area contributed by atoms with Crippen LogP contribution in [0.15, 0.2) is 12.7 Å². The molecule has 0 spiro atoms. The Morgan fingerprint density at radius 3 is 2.40 bits per heavy atom. The zero-order chi connectivity index (χ0) is 8.15. The third-order valence-corrected chi connectivity index (χ3v) is 1.04. The molecule has 0 aliphatic heterocycles. The summed E-state index contributed by atoms with van der Waals surface area (Å²) in [5, 5.41) is 0. The molecule has 0 aromatic carbocycles. The highest BCUT2D eigenvalue weighted by molar-refractivity contribution is 5.87. The van der Waals surface area contributed by atoms with Crippen LogP contribution in [0.2, 0.25) is 0 Å². The molecule has 0 aromatic rings. The van der Waals surface area contributed by atoms with E-state index in [4.69, 9.17) is 0 Å². The zero-order valence-corrected chi connectivity index (χ0v) is 6.79. The molecule has 0 saturated carbocycles. The molecule has 0 bridgehead atoms. The quantitative estimate of drug-likeness (QED) is 0.543. The topological polar surface area (TPSA) is 20.3 Å². The minimum Gasteiger partial charge on any atom is -0.337 e. The average molecular weight is 140 g/mol. The van der Waals surface area contributed by atoms with Gasteiger partial charge in [-0.3, -0.25) is 4.79 Å². The Hall–Kier alpha value is -0.790. The molecule has 57 valence electrons. The van der Waals surface area contributed by atoms with Crippen molar-refractivity contribution >= 4 is 5.91 Å². The van der Waals surface area contributed by atoms with Gasteiger partial charge in [0.2, 0.25) is 5.91 Å². The van der Waals surface area contributed by atoms with E-state index in [-0.39, 0.29) is 5.91 Å². The highest BCUT2D eigenvalue weighted by Crippen LogP contribution is 2.01. The summed E-state index contributed by atoms with van der Waals surface area (Å²) in [6.45, 7) is 9.27. The SMILES string of the molecule is C=CC(=O)N(C)[CH]C(C)C. The van der Waals surface area contributed by atoms with Crippen LogP contribution in [-0.2, 0) is 4.79 Å². The number of hydrogen-bond acceptors (Lipinski definition) is 1. The monoisotopic (exact) mass is 140 g/mol. The largest absolute Gasteiger partial charge is 0.337 e. The van der Waals surface area contributed by atoms with E-state index in [0.717, 1.165) is 0 Å². The van der Waals surface area contributed by atoms with Gasteiger partial charge in [0.1, 0.15) is 0 Å². The maximum Gasteiger partial charge on any atom is 0.246 e. The molecule has 0 saturated heterocycles. The fraction of sp³-hybridized carbons (Fsp3) is 0.500. The number of carbonyl (C=O) groups excluding carboxylic acids is 1. The Kier molecular flexibility index (Phi) is 3.77. The molecule has 1 amide bonds. The smallest absolute Gasteiger partial charge is 0.246 e. The van der Waals surface area contributed by atoms with E-state index in [0.29, 0.717) is 5.92 Å². The van der Waals surface area contributed by atoms with E-state index < -0.39 is 0 Å². The number of hydrogen-bond donors (Lipinski definition) is 0. The van der Waals surface area contributed by atoms with Crippen molar-refractivity contribution in [2.75, 3.05) is 7.05 Å². The summed E-state index contributed by atoms with van der Waals surface area (Å²) < 4.78 is 0. The van der Waals surface area contributed by atoms with E-state index in [1.807, 2.05) is 20.4 Å². The molecular formula is C8H14NO. The fourth-order valence-corrected chi connectivity index (χ4v) is 0.665. The van der Waals surface area contributed by atoms with Crippen LogP contribution in [0.4, 0.5) is 0 Å². The van der Waals surface area contributed by atoms with Gasteiger partial charge in [-0.25, -0.2) is 0 Å². The third-order valence-electron chi connectivity index (χ3n) is 1.04. The first-order chi connectivity index (χ1) is 4.57. The Morgan fingerprint density at radius 2 is 2.10 bits per heavy atom. The number of rotatable bonds is 3. The van der Waals surface area contributed by atoms with Crippen molar-refractivity contribution in [3.8, 4) is 0 Å². The summed E-state index contributed by atoms with van der Waals surface area (Å²) in [6, 6.07) is 0. The van der Waals surface area contributed by atoms with Crippen LogP contribution in [0, 0.1) is 12.5 Å². The molecule has 0 aliphatic carbocycles. The van der Waals surface area contributed by atoms with Gasteiger partial charge < -0.3 is 4.90 Å². The maximum absolute atomic E-state index is 10.8. The van der Waals surface area contributed by atoms with E-state index in [9.17, 15) is 4.79 Å². The van der Waals surface area contributed by atoms with Crippen molar-refractivity contribution in [2.45, 2.75) is 13.8 Å². The predicted molar refractivity (Wildman–Crippen MR) is 42.1 cm³/mol. The molecule has 2 nitrogen and oxygen atoms in total. The van der Waals surface area contributed by atoms with E-state index >= 15 is 0 Å². The van der Waals surface area contributed by atoms with Crippen molar-refractivity contribution in [3.05, 3.63) is 19.2 Å². The highest BCUT2D eigenvalue weighted by atomic mass is 16.2. The number of amides is 1. The van der Waals surface area contributed by atoms with Crippen LogP contribution in [0.1, 0.15) is 13.8 Å². The molecular weight excluding hydrogens is 126 g/mol. The molecule has 0 aliphatic rings. The maximum atomic E-state index is 10.8. The molecule has 10 heavy (non-hydrogen) atoms. The standard InChI is InChI=1S/C8H14NO/c1-5-8(10)9(4)6-7(2)3/h5-7H,1H2,2-4H3. The van der Waals surface area contributed by atoms with Crippen LogP contribution in [-0.4, -0.2) is 17.9 Å². The number of carbonyl (C=O) groups is 1. The lowest BCUT2D eigenvalue weighted by Crippen LogP contribution is -2.23. The minimum absolute atomic E-state index is 0.0614. The zero-order valence-electron chi connectivity index (χ0n) is 6.79. The average Bonchev–Trinajstić information content (AvgIpc) is 1.85. The van der Waals surface area contributed by atoms with E-state index in [1.54, 1.807) is 7.05 Å². The van der Waals surface area contributed by atoms with E-state index in [1.165, 1.54) is 11.0 Å². The van der Waals surface area contributed by atoms with Gasteiger partial charge in [0.05, 0.1) is 6.54 Å². The lowest BCUT2D eigenvalue weighted by Gasteiger charge is -2.15. The summed E-state index contributed by atoms with van der Waals surface area (Å²) in [7, 11) is 1.73. The molecule has 0 unspecified atom stereocenters. The minimum atomic E-state index is -0.0614. The van der Waals surface area contributed by atoms with Crippen molar-refractivity contribution in [2.24, 2.45) is 5.92 Å². The Balaban J connectivity index is 3.72. The van der Waals surface area contributed by atoms with Gasteiger partial charge in [0.15, 0.2) is 0 Å². The summed E-state index contributed by atoms with van der Waals surface area (Å²) in [5.74, 6) is 0.336. The normalized spacial score (nSPS) is 9.60. The van der Waals surface area contributed by atoms with Crippen molar-refractivity contribution in [1.82, 2.24) is 4.90 Å². The van der Waals surface area contributed by atoms with Gasteiger partial charge in [-0.15, -0.1) is 0 Å². The van der Waals surface area contributed by atoms with Gasteiger partial charge in [-0.05, 0) is 12.0 Å². The number of nitrogens with zero attached hydrogens (tertiary/aromatic N) is 1. The van der Waals surface area contributed by atoms with Crippen molar-refractivity contribution in [3.63, 3.8) is 0 Å². The van der Waals surface area contributed by atoms with Gasteiger partial charge in [-0.1, -0.05) is 20.4 Å². The molecule has 0 aromatic heterocycles. The molecule has 0 rings (SSSR count). The van der Waals surface area contributed by atoms with Crippen LogP contribution in [0.25, 0.3) is 0 Å². The van der Waals surface area contributed by atoms with E-state index in [2.05, 4.69) is 6.58 Å². The summed E-state index contributed by atoms with van der Waals surface area (Å²) in [6.07, 6.45) is 1.30. The van der Waals surface area contributed by atoms with Crippen molar-refractivity contribution < 1.29 is 4.79 Å². The first-order valence-corrected chi connectivity index (χ1v) is 3.32. The molecule has 0 atom stereocenters. The van der Waals surface area contributed by atoms with Gasteiger partial charge >= 0.3 is 0 Å². The van der Waals surface area contributed by atoms with Crippen LogP contribution >= 0.6 is 0 Å². The molecule has 0 fully saturated rings. The van der Waals surface area contributed by atoms with Gasteiger partial charge in [-0.2, -0.15) is 0 Å². The summed E-state index contributed by atoms with van der Waals surface area (Å²) in [4.78, 5) is 12.4. The predicted octanol–water partition coefficient (Wildman–Crippen LogP) is 1.45. The van der Waals surface area contributed by atoms with Gasteiger partial charge in [0, 0.05) is 7.05 Å². The lowest BCUT2D eigenvalue weighted by atomic mass is 10.2. The van der Waals surface area contributed by atoms with Gasteiger partial charge in [0.25, 0.3) is 0 Å². The third kappa shape index (κ3) is 3.28. The second-order valence-corrected chi connectivity index (χ2v) is 2.55. The Morgan fingerprint density at radius 1 is 1.60 bits per heavy atom. The van der Waals surface area contributed by atoms with Crippen molar-refractivity contribution in [1.29, 1.82) is 0 Å². The molecule has 2 heteroatoms. The first kappa shape index (κ1) is 9.21. The summed E-state index contributed by atoms with van der Waals surface area (Å²) >= 11 is 0.